The van der Waals surface area contributed by atoms with E-state index >= 15 is 0 Å². The van der Waals surface area contributed by atoms with Crippen molar-refractivity contribution in [1.29, 1.82) is 5.26 Å². The molecule has 1 aliphatic rings. The van der Waals surface area contributed by atoms with E-state index in [9.17, 15) is 9.59 Å². The molecule has 1 atom stereocenters. The van der Waals surface area contributed by atoms with Crippen LogP contribution in [0.25, 0.3) is 6.08 Å². The zero-order valence-electron chi connectivity index (χ0n) is 25.5. The Labute approximate surface area is 274 Å². The number of carbonyl (C=O) groups excluding carboxylic acids is 1. The van der Waals surface area contributed by atoms with Crippen LogP contribution in [0.5, 0.6) is 23.0 Å². The highest BCUT2D eigenvalue weighted by molar-refractivity contribution is 7.07. The molecule has 12 heteroatoms. The van der Waals surface area contributed by atoms with E-state index in [0.29, 0.717) is 62.2 Å². The van der Waals surface area contributed by atoms with Crippen LogP contribution in [0.3, 0.4) is 0 Å². The van der Waals surface area contributed by atoms with Crippen LogP contribution < -0.4 is 33.8 Å². The summed E-state index contributed by atoms with van der Waals surface area (Å²) in [7, 11) is 2.78. The largest absolute Gasteiger partial charge is 0.493 e. The smallest absolute Gasteiger partial charge is 0.337 e. The molecule has 236 valence electrons. The lowest BCUT2D eigenvalue weighted by Gasteiger charge is -2.23. The van der Waals surface area contributed by atoms with Crippen LogP contribution in [0, 0.1) is 11.3 Å². The van der Waals surface area contributed by atoms with Gasteiger partial charge in [-0.3, -0.25) is 9.36 Å². The van der Waals surface area contributed by atoms with E-state index in [1.165, 1.54) is 36.3 Å². The molecule has 0 bridgehead atoms. The van der Waals surface area contributed by atoms with Crippen LogP contribution in [0.4, 0.5) is 0 Å². The Kier molecular flexibility index (Phi) is 10.1. The first kappa shape index (κ1) is 32.3. The molecule has 4 aromatic rings. The number of hydrogen-bond donors (Lipinski definition) is 0. The van der Waals surface area contributed by atoms with Crippen LogP contribution in [-0.4, -0.2) is 38.0 Å². The molecule has 0 saturated heterocycles. The van der Waals surface area contributed by atoms with Gasteiger partial charge in [-0.05, 0) is 73.0 Å². The number of aromatic nitrogens is 1. The predicted molar refractivity (Wildman–Crippen MR) is 173 cm³/mol. The highest BCUT2D eigenvalue weighted by atomic mass is 35.5. The van der Waals surface area contributed by atoms with Crippen LogP contribution in [-0.2, 0) is 16.1 Å². The Hall–Kier alpha value is -5.05. The summed E-state index contributed by atoms with van der Waals surface area (Å²) in [4.78, 5) is 31.7. The second-order valence-electron chi connectivity index (χ2n) is 9.88. The average molecular weight is 660 g/mol. The van der Waals surface area contributed by atoms with E-state index < -0.39 is 12.0 Å². The molecule has 0 fully saturated rings. The lowest BCUT2D eigenvalue weighted by molar-refractivity contribution is -0.136. The number of halogens is 1. The first-order valence-corrected chi connectivity index (χ1v) is 15.5. The van der Waals surface area contributed by atoms with Gasteiger partial charge >= 0.3 is 5.97 Å². The minimum atomic E-state index is -0.822. The molecule has 0 saturated carbocycles. The topological polar surface area (TPSA) is 121 Å². The van der Waals surface area contributed by atoms with Gasteiger partial charge in [0.2, 0.25) is 0 Å². The number of thiazole rings is 1. The number of methoxy groups -OCH3 is 2. The number of nitriles is 1. The van der Waals surface area contributed by atoms with Crippen molar-refractivity contribution in [2.45, 2.75) is 26.5 Å². The number of ether oxygens (including phenoxy) is 5. The van der Waals surface area contributed by atoms with Crippen LogP contribution >= 0.6 is 22.9 Å². The zero-order chi connectivity index (χ0) is 32.8. The summed E-state index contributed by atoms with van der Waals surface area (Å²) in [5, 5.41) is 9.31. The van der Waals surface area contributed by atoms with Crippen LogP contribution in [0.1, 0.15) is 42.1 Å². The number of carbonyl (C=O) groups is 1. The Morgan fingerprint density at radius 2 is 1.76 bits per heavy atom. The van der Waals surface area contributed by atoms with Crippen molar-refractivity contribution < 1.29 is 28.5 Å². The van der Waals surface area contributed by atoms with Gasteiger partial charge in [0.25, 0.3) is 5.56 Å². The van der Waals surface area contributed by atoms with Crippen molar-refractivity contribution >= 4 is 35.0 Å². The standard InChI is InChI=1S/C34H30ClN3O7S/c1-5-43-26-12-11-23(16-27(26)44-6-2)30-24(33(40)42-4)18-37-34-38(30)32(39)29(46-34)15-22-13-25(35)31(28(14-22)41-3)45-19-21-9-7-20(17-36)8-10-21/h7-16,18,30H,5-6,19H2,1-4H3/b29-15+/t30-/m1/s1. The first-order chi connectivity index (χ1) is 22.3. The Morgan fingerprint density at radius 3 is 2.43 bits per heavy atom. The van der Waals surface area contributed by atoms with Gasteiger partial charge in [-0.1, -0.05) is 41.1 Å². The summed E-state index contributed by atoms with van der Waals surface area (Å²) in [5.74, 6) is 1.16. The molecule has 46 heavy (non-hydrogen) atoms. The summed E-state index contributed by atoms with van der Waals surface area (Å²) in [6.07, 6.45) is 3.12. The monoisotopic (exact) mass is 659 g/mol. The van der Waals surface area contributed by atoms with Gasteiger partial charge in [0.15, 0.2) is 27.8 Å². The molecule has 0 radical (unpaired) electrons. The highest BCUT2D eigenvalue weighted by Crippen LogP contribution is 2.38. The van der Waals surface area contributed by atoms with Crippen molar-refractivity contribution in [1.82, 2.24) is 4.57 Å². The first-order valence-electron chi connectivity index (χ1n) is 14.3. The lowest BCUT2D eigenvalue weighted by atomic mass is 9.97. The molecule has 0 spiro atoms. The van der Waals surface area contributed by atoms with E-state index in [2.05, 4.69) is 11.1 Å². The molecule has 5 rings (SSSR count). The number of hydrogen-bond acceptors (Lipinski definition) is 10. The molecule has 1 aliphatic heterocycles. The van der Waals surface area contributed by atoms with Crippen molar-refractivity contribution in [3.63, 3.8) is 0 Å². The Morgan fingerprint density at radius 1 is 1.02 bits per heavy atom. The molecule has 1 aromatic heterocycles. The third kappa shape index (κ3) is 6.63. The van der Waals surface area contributed by atoms with Gasteiger partial charge in [-0.2, -0.15) is 5.26 Å². The van der Waals surface area contributed by atoms with Crippen molar-refractivity contribution in [2.24, 2.45) is 4.99 Å². The molecule has 2 heterocycles. The van der Waals surface area contributed by atoms with Crippen molar-refractivity contribution in [2.75, 3.05) is 27.4 Å². The SMILES string of the molecule is CCOc1ccc([C@@H]2C(C(=O)OC)=CN=c3s/c(=C/c4cc(Cl)c(OCc5ccc(C#N)cc5)c(OC)c4)c(=O)n32)cc1OCC. The Balaban J connectivity index is 1.54. The fourth-order valence-electron chi connectivity index (χ4n) is 4.93. The Bertz CT molecular complexity index is 2030. The van der Waals surface area contributed by atoms with Crippen molar-refractivity contribution in [3.8, 4) is 29.1 Å². The van der Waals surface area contributed by atoms with Gasteiger partial charge < -0.3 is 23.7 Å². The molecule has 0 amide bonds. The maximum absolute atomic E-state index is 14.0. The maximum atomic E-state index is 14.0. The summed E-state index contributed by atoms with van der Waals surface area (Å²) in [6, 6.07) is 17.0. The minimum absolute atomic E-state index is 0.196. The van der Waals surface area contributed by atoms with E-state index in [4.69, 9.17) is 40.5 Å². The predicted octanol–water partition coefficient (Wildman–Crippen LogP) is 4.93. The van der Waals surface area contributed by atoms with Gasteiger partial charge in [0, 0.05) is 6.20 Å². The summed E-state index contributed by atoms with van der Waals surface area (Å²) in [6.45, 7) is 4.79. The summed E-state index contributed by atoms with van der Waals surface area (Å²) < 4.78 is 30.0. The van der Waals surface area contributed by atoms with E-state index in [-0.39, 0.29) is 22.8 Å². The van der Waals surface area contributed by atoms with E-state index in [0.717, 1.165) is 5.56 Å². The number of rotatable bonds is 11. The second-order valence-corrected chi connectivity index (χ2v) is 11.3. The third-order valence-corrected chi connectivity index (χ3v) is 8.30. The van der Waals surface area contributed by atoms with E-state index in [1.54, 1.807) is 60.7 Å². The van der Waals surface area contributed by atoms with Crippen molar-refractivity contribution in [3.05, 3.63) is 113 Å². The summed E-state index contributed by atoms with van der Waals surface area (Å²) in [5.41, 5.74) is 2.47. The van der Waals surface area contributed by atoms with Crippen LogP contribution in [0.2, 0.25) is 5.02 Å². The fourth-order valence-corrected chi connectivity index (χ4v) is 6.18. The quantitative estimate of drug-likeness (QED) is 0.208. The highest BCUT2D eigenvalue weighted by Gasteiger charge is 2.31. The van der Waals surface area contributed by atoms with E-state index in [1.807, 2.05) is 13.8 Å². The summed E-state index contributed by atoms with van der Waals surface area (Å²) >= 11 is 7.81. The number of esters is 1. The fraction of sp³-hybridized carbons (Fsp3) is 0.235. The lowest BCUT2D eigenvalue weighted by Crippen LogP contribution is -2.39. The van der Waals surface area contributed by atoms with Gasteiger partial charge in [-0.15, -0.1) is 0 Å². The molecule has 3 aromatic carbocycles. The number of nitrogens with zero attached hydrogens (tertiary/aromatic N) is 3. The minimum Gasteiger partial charge on any atom is -0.493 e. The second kappa shape index (κ2) is 14.4. The normalized spacial score (nSPS) is 14.0. The van der Waals surface area contributed by atoms with Gasteiger partial charge in [0.05, 0.1) is 60.2 Å². The molecular weight excluding hydrogens is 630 g/mol. The molecular formula is C34H30ClN3O7S. The van der Waals surface area contributed by atoms with Gasteiger partial charge in [0.1, 0.15) is 6.61 Å². The van der Waals surface area contributed by atoms with Crippen LogP contribution in [0.15, 0.2) is 76.2 Å². The number of benzene rings is 3. The molecule has 10 nitrogen and oxygen atoms in total. The average Bonchev–Trinajstić information content (AvgIpc) is 3.38. The number of fused-ring (bicyclic) bond motifs is 1. The molecule has 0 unspecified atom stereocenters. The molecule has 0 N–H and O–H groups in total. The van der Waals surface area contributed by atoms with Gasteiger partial charge in [-0.25, -0.2) is 9.79 Å². The molecule has 0 aliphatic carbocycles. The zero-order valence-corrected chi connectivity index (χ0v) is 27.1. The third-order valence-electron chi connectivity index (χ3n) is 7.02. The maximum Gasteiger partial charge on any atom is 0.337 e.